The molecule has 0 saturated carbocycles. The summed E-state index contributed by atoms with van der Waals surface area (Å²) in [5, 5.41) is 6.40. The van der Waals surface area contributed by atoms with Crippen LogP contribution in [0.2, 0.25) is 0 Å². The molecule has 1 atom stereocenters. The van der Waals surface area contributed by atoms with Crippen LogP contribution in [0.15, 0.2) is 54.9 Å². The van der Waals surface area contributed by atoms with Crippen molar-refractivity contribution in [2.24, 2.45) is 0 Å². The highest BCUT2D eigenvalue weighted by Gasteiger charge is 2.07. The smallest absolute Gasteiger partial charge is 0.223 e. The fourth-order valence-corrected chi connectivity index (χ4v) is 3.06. The normalized spacial score (nSPS) is 11.8. The Kier molecular flexibility index (Phi) is 6.01. The number of nitrogens with zero attached hydrogens (tertiary/aromatic N) is 3. The van der Waals surface area contributed by atoms with E-state index in [0.717, 1.165) is 17.0 Å². The molecule has 1 unspecified atom stereocenters. The minimum absolute atomic E-state index is 0.280. The van der Waals surface area contributed by atoms with Gasteiger partial charge in [-0.1, -0.05) is 6.07 Å². The predicted molar refractivity (Wildman–Crippen MR) is 106 cm³/mol. The lowest BCUT2D eigenvalue weighted by Gasteiger charge is -2.13. The Balaban J connectivity index is 1.79. The topological polar surface area (TPSA) is 62.7 Å². The van der Waals surface area contributed by atoms with E-state index in [1.165, 1.54) is 12.1 Å². The van der Waals surface area contributed by atoms with Crippen molar-refractivity contribution in [2.75, 3.05) is 22.6 Å². The van der Waals surface area contributed by atoms with Crippen LogP contribution in [-0.2, 0) is 0 Å². The van der Waals surface area contributed by atoms with Crippen molar-refractivity contribution in [3.05, 3.63) is 60.7 Å². The maximum Gasteiger partial charge on any atom is 0.223 e. The number of hydrogen-bond acceptors (Lipinski definition) is 6. The minimum atomic E-state index is -0.294. The molecule has 0 aliphatic rings. The zero-order valence-corrected chi connectivity index (χ0v) is 15.4. The van der Waals surface area contributed by atoms with Crippen molar-refractivity contribution >= 4 is 29.2 Å². The maximum atomic E-state index is 13.3. The molecule has 0 saturated heterocycles. The Bertz CT molecular complexity index is 874. The molecule has 0 aliphatic heterocycles. The summed E-state index contributed by atoms with van der Waals surface area (Å²) in [4.78, 5) is 13.2. The van der Waals surface area contributed by atoms with Crippen LogP contribution in [-0.4, -0.2) is 33.0 Å². The Labute approximate surface area is 156 Å². The molecule has 0 radical (unpaired) electrons. The molecular weight excluding hydrogens is 349 g/mol. The molecule has 3 rings (SSSR count). The molecule has 26 heavy (non-hydrogen) atoms. The van der Waals surface area contributed by atoms with Crippen molar-refractivity contribution in [1.29, 1.82) is 0 Å². The van der Waals surface area contributed by atoms with E-state index in [2.05, 4.69) is 38.8 Å². The second-order valence-electron chi connectivity index (χ2n) is 5.83. The van der Waals surface area contributed by atoms with Crippen LogP contribution in [0, 0.1) is 5.82 Å². The lowest BCUT2D eigenvalue weighted by atomic mass is 10.2. The van der Waals surface area contributed by atoms with E-state index in [1.807, 2.05) is 18.2 Å². The molecule has 0 fully saturated rings. The summed E-state index contributed by atoms with van der Waals surface area (Å²) in [5.74, 6) is 1.90. The first-order chi connectivity index (χ1) is 12.6. The molecule has 7 heteroatoms. The Morgan fingerprint density at radius 1 is 1.12 bits per heavy atom. The lowest BCUT2D eigenvalue weighted by Crippen LogP contribution is -2.19. The summed E-state index contributed by atoms with van der Waals surface area (Å²) < 4.78 is 13.3. The summed E-state index contributed by atoms with van der Waals surface area (Å²) in [6.45, 7) is 2.10. The van der Waals surface area contributed by atoms with E-state index in [-0.39, 0.29) is 11.9 Å². The first-order valence-corrected chi connectivity index (χ1v) is 9.61. The first kappa shape index (κ1) is 18.1. The van der Waals surface area contributed by atoms with Gasteiger partial charge in [0.05, 0.1) is 5.69 Å². The average Bonchev–Trinajstić information content (AvgIpc) is 2.62. The molecule has 3 aromatic rings. The van der Waals surface area contributed by atoms with Gasteiger partial charge in [0.2, 0.25) is 5.95 Å². The molecule has 2 heterocycles. The van der Waals surface area contributed by atoms with E-state index in [9.17, 15) is 4.39 Å². The monoisotopic (exact) mass is 369 g/mol. The van der Waals surface area contributed by atoms with Crippen molar-refractivity contribution in [2.45, 2.75) is 13.0 Å². The summed E-state index contributed by atoms with van der Waals surface area (Å²) in [6, 6.07) is 12.2. The van der Waals surface area contributed by atoms with E-state index in [4.69, 9.17) is 0 Å². The van der Waals surface area contributed by atoms with E-state index >= 15 is 0 Å². The average molecular weight is 369 g/mol. The predicted octanol–water partition coefficient (Wildman–Crippen LogP) is 4.58. The fraction of sp³-hybridized carbons (Fsp3) is 0.211. The second-order valence-corrected chi connectivity index (χ2v) is 6.74. The number of thioether (sulfide) groups is 1. The number of rotatable bonds is 7. The van der Waals surface area contributed by atoms with Crippen molar-refractivity contribution in [3.63, 3.8) is 0 Å². The summed E-state index contributed by atoms with van der Waals surface area (Å²) in [5.41, 5.74) is 2.34. The molecular formula is C19H20FN5S. The summed E-state index contributed by atoms with van der Waals surface area (Å²) in [6.07, 6.45) is 5.50. The molecule has 1 aromatic carbocycles. The third-order valence-corrected chi connectivity index (χ3v) is 4.43. The molecule has 0 aliphatic carbocycles. The lowest BCUT2D eigenvalue weighted by molar-refractivity contribution is 0.628. The number of hydrogen-bond donors (Lipinski definition) is 2. The van der Waals surface area contributed by atoms with Gasteiger partial charge in [-0.2, -0.15) is 11.8 Å². The number of pyridine rings is 1. The quantitative estimate of drug-likeness (QED) is 0.635. The molecule has 134 valence electrons. The van der Waals surface area contributed by atoms with Gasteiger partial charge in [-0.05, 0) is 49.6 Å². The van der Waals surface area contributed by atoms with E-state index in [0.29, 0.717) is 17.5 Å². The van der Waals surface area contributed by atoms with Gasteiger partial charge >= 0.3 is 0 Å². The summed E-state index contributed by atoms with van der Waals surface area (Å²) in [7, 11) is 0. The number of benzene rings is 1. The van der Waals surface area contributed by atoms with Gasteiger partial charge in [-0.3, -0.25) is 0 Å². The molecule has 0 bridgehead atoms. The van der Waals surface area contributed by atoms with Gasteiger partial charge in [0, 0.05) is 35.4 Å². The standard InChI is InChI=1S/C19H20FN5S/c1-13(12-26-2)23-19-22-9-7-17(25-19)14-6-8-21-18(10-14)24-16-5-3-4-15(20)11-16/h3-11,13H,12H2,1-2H3,(H,21,24)(H,22,23,25). The van der Waals surface area contributed by atoms with E-state index in [1.54, 1.807) is 36.3 Å². The molecule has 5 nitrogen and oxygen atoms in total. The highest BCUT2D eigenvalue weighted by Crippen LogP contribution is 2.22. The Morgan fingerprint density at radius 3 is 2.77 bits per heavy atom. The molecule has 0 spiro atoms. The van der Waals surface area contributed by atoms with Gasteiger partial charge < -0.3 is 10.6 Å². The number of anilines is 3. The van der Waals surface area contributed by atoms with Crippen LogP contribution in [0.1, 0.15) is 6.92 Å². The van der Waals surface area contributed by atoms with E-state index < -0.39 is 0 Å². The highest BCUT2D eigenvalue weighted by atomic mass is 32.2. The Hall–Kier alpha value is -2.67. The van der Waals surface area contributed by atoms with Crippen molar-refractivity contribution in [1.82, 2.24) is 15.0 Å². The zero-order chi connectivity index (χ0) is 18.4. The first-order valence-electron chi connectivity index (χ1n) is 8.21. The molecule has 2 N–H and O–H groups in total. The van der Waals surface area contributed by atoms with Crippen molar-refractivity contribution < 1.29 is 4.39 Å². The van der Waals surface area contributed by atoms with Crippen LogP contribution in [0.25, 0.3) is 11.3 Å². The highest BCUT2D eigenvalue weighted by molar-refractivity contribution is 7.98. The van der Waals surface area contributed by atoms with Crippen LogP contribution in [0.4, 0.5) is 21.8 Å². The largest absolute Gasteiger partial charge is 0.351 e. The van der Waals surface area contributed by atoms with Gasteiger partial charge in [-0.15, -0.1) is 0 Å². The van der Waals surface area contributed by atoms with Crippen LogP contribution >= 0.6 is 11.8 Å². The Morgan fingerprint density at radius 2 is 1.96 bits per heavy atom. The maximum absolute atomic E-state index is 13.3. The third-order valence-electron chi connectivity index (χ3n) is 3.60. The molecule has 0 amide bonds. The third kappa shape index (κ3) is 4.92. The SMILES string of the molecule is CSCC(C)Nc1nccc(-c2ccnc(Nc3cccc(F)c3)c2)n1. The molecule has 2 aromatic heterocycles. The summed E-state index contributed by atoms with van der Waals surface area (Å²) >= 11 is 1.77. The van der Waals surface area contributed by atoms with Crippen LogP contribution < -0.4 is 10.6 Å². The fourth-order valence-electron chi connectivity index (χ4n) is 2.47. The van der Waals surface area contributed by atoms with Gasteiger partial charge in [0.15, 0.2) is 0 Å². The van der Waals surface area contributed by atoms with Gasteiger partial charge in [0.25, 0.3) is 0 Å². The number of halogens is 1. The van der Waals surface area contributed by atoms with Gasteiger partial charge in [-0.25, -0.2) is 19.3 Å². The zero-order valence-electron chi connectivity index (χ0n) is 14.6. The van der Waals surface area contributed by atoms with Crippen LogP contribution in [0.3, 0.4) is 0 Å². The van der Waals surface area contributed by atoms with Gasteiger partial charge in [0.1, 0.15) is 11.6 Å². The minimum Gasteiger partial charge on any atom is -0.351 e. The number of nitrogens with one attached hydrogen (secondary N) is 2. The number of aromatic nitrogens is 3. The van der Waals surface area contributed by atoms with Crippen molar-refractivity contribution in [3.8, 4) is 11.3 Å². The van der Waals surface area contributed by atoms with Crippen LogP contribution in [0.5, 0.6) is 0 Å². The second kappa shape index (κ2) is 8.62.